The number of nitro groups is 1. The van der Waals surface area contributed by atoms with E-state index in [1.54, 1.807) is 42.5 Å². The number of rotatable bonds is 6. The van der Waals surface area contributed by atoms with Gasteiger partial charge in [0.1, 0.15) is 0 Å². The van der Waals surface area contributed by atoms with Gasteiger partial charge in [-0.1, -0.05) is 41.5 Å². The predicted molar refractivity (Wildman–Crippen MR) is 115 cm³/mol. The second-order valence-electron chi connectivity index (χ2n) is 6.78. The van der Waals surface area contributed by atoms with Gasteiger partial charge >= 0.3 is 11.7 Å². The van der Waals surface area contributed by atoms with Crippen LogP contribution in [0.4, 0.5) is 5.69 Å². The lowest BCUT2D eigenvalue weighted by molar-refractivity contribution is -0.385. The Labute approximate surface area is 178 Å². The van der Waals surface area contributed by atoms with Gasteiger partial charge in [0.05, 0.1) is 16.7 Å². The van der Waals surface area contributed by atoms with Crippen molar-refractivity contribution in [2.75, 3.05) is 0 Å². The highest BCUT2D eigenvalue weighted by molar-refractivity contribution is 5.96. The Morgan fingerprint density at radius 1 is 0.968 bits per heavy atom. The van der Waals surface area contributed by atoms with E-state index in [0.29, 0.717) is 5.56 Å². The Morgan fingerprint density at radius 3 is 2.35 bits per heavy atom. The van der Waals surface area contributed by atoms with E-state index >= 15 is 0 Å². The largest absolute Gasteiger partial charge is 0.415 e. The number of hydrogen-bond acceptors (Lipinski definition) is 6. The number of ether oxygens (including phenoxy) is 1. The molecule has 0 unspecified atom stereocenters. The highest BCUT2D eigenvalue weighted by atomic mass is 16.6. The SMILES string of the molecule is Cc1ccc(C(=O)N/N=C/c2cccc([N+](=O)[O-])c2OC(=O)c2cccc(C)c2)cc1. The number of benzene rings is 3. The van der Waals surface area contributed by atoms with Crippen molar-refractivity contribution in [3.63, 3.8) is 0 Å². The Morgan fingerprint density at radius 2 is 1.68 bits per heavy atom. The van der Waals surface area contributed by atoms with Gasteiger partial charge in [-0.15, -0.1) is 0 Å². The lowest BCUT2D eigenvalue weighted by atomic mass is 10.1. The molecule has 0 fully saturated rings. The normalized spacial score (nSPS) is 10.6. The average molecular weight is 417 g/mol. The van der Waals surface area contributed by atoms with Crippen LogP contribution in [0.5, 0.6) is 5.75 Å². The summed E-state index contributed by atoms with van der Waals surface area (Å²) in [6.07, 6.45) is 1.19. The van der Waals surface area contributed by atoms with E-state index < -0.39 is 22.5 Å². The van der Waals surface area contributed by atoms with Crippen LogP contribution in [-0.2, 0) is 0 Å². The summed E-state index contributed by atoms with van der Waals surface area (Å²) in [5, 5.41) is 15.3. The summed E-state index contributed by atoms with van der Waals surface area (Å²) in [6, 6.07) is 17.7. The van der Waals surface area contributed by atoms with Gasteiger partial charge in [-0.2, -0.15) is 5.10 Å². The van der Waals surface area contributed by atoms with Crippen molar-refractivity contribution in [1.29, 1.82) is 0 Å². The van der Waals surface area contributed by atoms with Crippen molar-refractivity contribution in [3.8, 4) is 5.75 Å². The monoisotopic (exact) mass is 417 g/mol. The van der Waals surface area contributed by atoms with Gasteiger partial charge in [0.25, 0.3) is 5.91 Å². The van der Waals surface area contributed by atoms with Gasteiger partial charge in [-0.3, -0.25) is 14.9 Å². The molecule has 3 aromatic carbocycles. The van der Waals surface area contributed by atoms with E-state index in [0.717, 1.165) is 11.1 Å². The van der Waals surface area contributed by atoms with E-state index in [1.165, 1.54) is 24.4 Å². The fourth-order valence-corrected chi connectivity index (χ4v) is 2.75. The number of carbonyl (C=O) groups excluding carboxylic acids is 2. The standard InChI is InChI=1S/C23H19N3O5/c1-15-9-11-17(12-10-15)22(27)25-24-14-19-7-4-8-20(26(29)30)21(19)31-23(28)18-6-3-5-16(2)13-18/h3-14H,1-2H3,(H,25,27)/b24-14+. The first kappa shape index (κ1) is 21.4. The minimum atomic E-state index is -0.739. The van der Waals surface area contributed by atoms with Crippen LogP contribution >= 0.6 is 0 Å². The van der Waals surface area contributed by atoms with Gasteiger partial charge < -0.3 is 4.74 Å². The molecule has 0 saturated carbocycles. The summed E-state index contributed by atoms with van der Waals surface area (Å²) in [4.78, 5) is 35.5. The second kappa shape index (κ2) is 9.45. The third-order valence-electron chi connectivity index (χ3n) is 4.35. The van der Waals surface area contributed by atoms with E-state index in [-0.39, 0.29) is 16.9 Å². The highest BCUT2D eigenvalue weighted by Gasteiger charge is 2.22. The molecule has 0 heterocycles. The number of nitro benzene ring substituents is 1. The van der Waals surface area contributed by atoms with Crippen LogP contribution in [0.1, 0.15) is 37.4 Å². The van der Waals surface area contributed by atoms with Crippen molar-refractivity contribution >= 4 is 23.8 Å². The Balaban J connectivity index is 1.84. The molecule has 0 aromatic heterocycles. The molecule has 1 amide bonds. The van der Waals surface area contributed by atoms with Crippen LogP contribution in [0.25, 0.3) is 0 Å². The summed E-state index contributed by atoms with van der Waals surface area (Å²) in [5.41, 5.74) is 4.65. The molecule has 0 saturated heterocycles. The summed E-state index contributed by atoms with van der Waals surface area (Å²) in [5.74, 6) is -1.44. The number of para-hydroxylation sites is 1. The molecule has 0 aliphatic heterocycles. The zero-order valence-electron chi connectivity index (χ0n) is 16.9. The maximum absolute atomic E-state index is 12.5. The fraction of sp³-hybridized carbons (Fsp3) is 0.0870. The molecule has 0 radical (unpaired) electrons. The Bertz CT molecular complexity index is 1170. The molecule has 3 aromatic rings. The van der Waals surface area contributed by atoms with Gasteiger partial charge in [-0.05, 0) is 44.2 Å². The first-order valence-corrected chi connectivity index (χ1v) is 9.31. The highest BCUT2D eigenvalue weighted by Crippen LogP contribution is 2.30. The Hall–Kier alpha value is -4.33. The summed E-state index contributed by atoms with van der Waals surface area (Å²) in [6.45, 7) is 3.72. The topological polar surface area (TPSA) is 111 Å². The first-order valence-electron chi connectivity index (χ1n) is 9.31. The molecular weight excluding hydrogens is 398 g/mol. The van der Waals surface area contributed by atoms with Gasteiger partial charge in [0.15, 0.2) is 0 Å². The lowest BCUT2D eigenvalue weighted by Gasteiger charge is -2.08. The van der Waals surface area contributed by atoms with E-state index in [2.05, 4.69) is 10.5 Å². The number of hydrazone groups is 1. The number of nitrogens with zero attached hydrogens (tertiary/aromatic N) is 2. The maximum Gasteiger partial charge on any atom is 0.343 e. The minimum Gasteiger partial charge on any atom is -0.415 e. The van der Waals surface area contributed by atoms with Crippen LogP contribution in [0, 0.1) is 24.0 Å². The number of esters is 1. The molecule has 1 N–H and O–H groups in total. The molecular formula is C23H19N3O5. The zero-order chi connectivity index (χ0) is 22.4. The molecule has 8 nitrogen and oxygen atoms in total. The molecule has 8 heteroatoms. The number of carbonyl (C=O) groups is 2. The first-order chi connectivity index (χ1) is 14.8. The van der Waals surface area contributed by atoms with Crippen LogP contribution in [0.3, 0.4) is 0 Å². The van der Waals surface area contributed by atoms with Crippen molar-refractivity contribution in [1.82, 2.24) is 5.43 Å². The van der Waals surface area contributed by atoms with Crippen LogP contribution < -0.4 is 10.2 Å². The van der Waals surface area contributed by atoms with Gasteiger partial charge in [0, 0.05) is 17.2 Å². The number of amides is 1. The second-order valence-corrected chi connectivity index (χ2v) is 6.78. The van der Waals surface area contributed by atoms with Crippen molar-refractivity contribution < 1.29 is 19.2 Å². The van der Waals surface area contributed by atoms with Crippen molar-refractivity contribution in [3.05, 3.63) is 105 Å². The smallest absolute Gasteiger partial charge is 0.343 e. The molecule has 3 rings (SSSR count). The van der Waals surface area contributed by atoms with Gasteiger partial charge in [-0.25, -0.2) is 10.2 Å². The predicted octanol–water partition coefficient (Wildman–Crippen LogP) is 4.19. The molecule has 156 valence electrons. The molecule has 0 atom stereocenters. The molecule has 0 aliphatic rings. The number of nitrogens with one attached hydrogen (secondary N) is 1. The third kappa shape index (κ3) is 5.39. The Kier molecular flexibility index (Phi) is 6.51. The van der Waals surface area contributed by atoms with Gasteiger partial charge in [0.2, 0.25) is 5.75 Å². The van der Waals surface area contributed by atoms with Crippen molar-refractivity contribution in [2.45, 2.75) is 13.8 Å². The summed E-state index contributed by atoms with van der Waals surface area (Å²) in [7, 11) is 0. The molecule has 0 spiro atoms. The van der Waals surface area contributed by atoms with Crippen LogP contribution in [-0.4, -0.2) is 23.0 Å². The third-order valence-corrected chi connectivity index (χ3v) is 4.35. The van der Waals surface area contributed by atoms with E-state index in [4.69, 9.17) is 4.74 Å². The van der Waals surface area contributed by atoms with Crippen molar-refractivity contribution in [2.24, 2.45) is 5.10 Å². The maximum atomic E-state index is 12.5. The summed E-state index contributed by atoms with van der Waals surface area (Å²) >= 11 is 0. The molecule has 31 heavy (non-hydrogen) atoms. The minimum absolute atomic E-state index is 0.166. The lowest BCUT2D eigenvalue weighted by Crippen LogP contribution is -2.17. The molecule has 0 aliphatic carbocycles. The van der Waals surface area contributed by atoms with Crippen LogP contribution in [0.15, 0.2) is 71.8 Å². The average Bonchev–Trinajstić information content (AvgIpc) is 2.74. The number of hydrogen-bond donors (Lipinski definition) is 1. The number of aryl methyl sites for hydroxylation is 2. The molecule has 0 bridgehead atoms. The fourth-order valence-electron chi connectivity index (χ4n) is 2.75. The van der Waals surface area contributed by atoms with Crippen LogP contribution in [0.2, 0.25) is 0 Å². The van der Waals surface area contributed by atoms with E-state index in [9.17, 15) is 19.7 Å². The zero-order valence-corrected chi connectivity index (χ0v) is 16.9. The quantitative estimate of drug-likeness (QED) is 0.212. The summed E-state index contributed by atoms with van der Waals surface area (Å²) < 4.78 is 5.35. The van der Waals surface area contributed by atoms with E-state index in [1.807, 2.05) is 19.9 Å².